The number of aryl methyl sites for hydroxylation is 2. The third kappa shape index (κ3) is 1.86. The van der Waals surface area contributed by atoms with Crippen LogP contribution in [0.3, 0.4) is 0 Å². The molecule has 1 aliphatic rings. The van der Waals surface area contributed by atoms with Crippen LogP contribution >= 0.6 is 0 Å². The third-order valence-corrected chi connectivity index (χ3v) is 3.74. The Hall–Kier alpha value is -2.61. The maximum Gasteiger partial charge on any atom is 0.156 e. The minimum absolute atomic E-state index is 0.0393. The molecule has 2 N–H and O–H groups in total. The number of nitrogens with zero attached hydrogens (tertiary/aromatic N) is 3. The van der Waals surface area contributed by atoms with Gasteiger partial charge in [0.25, 0.3) is 0 Å². The van der Waals surface area contributed by atoms with Crippen LogP contribution in [0.2, 0.25) is 0 Å². The summed E-state index contributed by atoms with van der Waals surface area (Å²) < 4.78 is 1.37. The summed E-state index contributed by atoms with van der Waals surface area (Å²) in [5, 5.41) is 13.1. The van der Waals surface area contributed by atoms with Crippen molar-refractivity contribution >= 4 is 12.1 Å². The van der Waals surface area contributed by atoms with Gasteiger partial charge in [-0.1, -0.05) is 12.1 Å². The van der Waals surface area contributed by atoms with Gasteiger partial charge in [-0.3, -0.25) is 4.79 Å². The van der Waals surface area contributed by atoms with E-state index in [4.69, 9.17) is 11.0 Å². The zero-order valence-corrected chi connectivity index (χ0v) is 11.0. The largest absolute Gasteiger partial charge is 0.383 e. The van der Waals surface area contributed by atoms with E-state index in [1.54, 1.807) is 0 Å². The molecule has 0 aliphatic heterocycles. The van der Waals surface area contributed by atoms with Gasteiger partial charge in [0, 0.05) is 5.56 Å². The number of benzene rings is 1. The molecule has 1 heterocycles. The first-order valence-corrected chi connectivity index (χ1v) is 6.55. The predicted octanol–water partition coefficient (Wildman–Crippen LogP) is 1.96. The summed E-state index contributed by atoms with van der Waals surface area (Å²) in [4.78, 5) is 11.3. The molecule has 0 atom stereocenters. The number of nitriles is 1. The molecule has 3 rings (SSSR count). The minimum atomic E-state index is 0.0393. The van der Waals surface area contributed by atoms with E-state index in [-0.39, 0.29) is 12.4 Å². The fourth-order valence-electron chi connectivity index (χ4n) is 2.72. The Bertz CT molecular complexity index is 724. The van der Waals surface area contributed by atoms with Gasteiger partial charge in [0.2, 0.25) is 0 Å². The van der Waals surface area contributed by atoms with E-state index in [9.17, 15) is 4.79 Å². The highest BCUT2D eigenvalue weighted by Crippen LogP contribution is 2.30. The molecule has 0 amide bonds. The zero-order chi connectivity index (χ0) is 14.1. The van der Waals surface area contributed by atoms with Crippen LogP contribution in [0.25, 0.3) is 11.3 Å². The highest BCUT2D eigenvalue weighted by Gasteiger charge is 2.18. The molecule has 5 heteroatoms. The van der Waals surface area contributed by atoms with Crippen molar-refractivity contribution in [2.75, 3.05) is 5.73 Å². The topological polar surface area (TPSA) is 84.7 Å². The van der Waals surface area contributed by atoms with Crippen LogP contribution in [0.5, 0.6) is 0 Å². The summed E-state index contributed by atoms with van der Waals surface area (Å²) >= 11 is 0. The number of carbonyl (C=O) groups is 1. The number of hydrogen-bond donors (Lipinski definition) is 1. The molecule has 0 saturated heterocycles. The van der Waals surface area contributed by atoms with Crippen molar-refractivity contribution in [1.82, 2.24) is 9.78 Å². The first-order chi connectivity index (χ1) is 9.74. The van der Waals surface area contributed by atoms with Gasteiger partial charge in [-0.05, 0) is 36.5 Å². The van der Waals surface area contributed by atoms with E-state index >= 15 is 0 Å². The van der Waals surface area contributed by atoms with Gasteiger partial charge < -0.3 is 5.73 Å². The molecule has 20 heavy (non-hydrogen) atoms. The highest BCUT2D eigenvalue weighted by atomic mass is 16.1. The van der Waals surface area contributed by atoms with Crippen molar-refractivity contribution in [2.45, 2.75) is 25.8 Å². The standard InChI is InChI=1S/C15H14N4O/c16-6-7-19-15(17)13(9-20)14(18-19)12-5-4-10-2-1-3-11(10)8-12/h4-5,8-9H,1-3,7,17H2. The first-order valence-electron chi connectivity index (χ1n) is 6.55. The molecule has 1 aromatic carbocycles. The molecular weight excluding hydrogens is 252 g/mol. The number of anilines is 1. The van der Waals surface area contributed by atoms with E-state index in [2.05, 4.69) is 17.2 Å². The first kappa shape index (κ1) is 12.4. The van der Waals surface area contributed by atoms with Crippen LogP contribution < -0.4 is 5.73 Å². The SMILES string of the molecule is N#CCn1nc(-c2ccc3c(c2)CCC3)c(C=O)c1N. The van der Waals surface area contributed by atoms with Gasteiger partial charge in [-0.15, -0.1) is 0 Å². The molecule has 100 valence electrons. The normalized spacial score (nSPS) is 12.9. The zero-order valence-electron chi connectivity index (χ0n) is 11.0. The Balaban J connectivity index is 2.12. The summed E-state index contributed by atoms with van der Waals surface area (Å²) in [5.41, 5.74) is 10.4. The van der Waals surface area contributed by atoms with E-state index in [1.165, 1.54) is 22.2 Å². The molecule has 0 unspecified atom stereocenters. The molecule has 0 bridgehead atoms. The van der Waals surface area contributed by atoms with Gasteiger partial charge in [-0.2, -0.15) is 10.4 Å². The number of rotatable bonds is 3. The molecular formula is C15H14N4O. The van der Waals surface area contributed by atoms with Crippen molar-refractivity contribution in [1.29, 1.82) is 5.26 Å². The Morgan fingerprint density at radius 2 is 2.20 bits per heavy atom. The van der Waals surface area contributed by atoms with E-state index in [0.717, 1.165) is 18.4 Å². The van der Waals surface area contributed by atoms with Gasteiger partial charge >= 0.3 is 0 Å². The quantitative estimate of drug-likeness (QED) is 0.860. The number of carbonyl (C=O) groups excluding carboxylic acids is 1. The number of fused-ring (bicyclic) bond motifs is 1. The molecule has 0 radical (unpaired) electrons. The summed E-state index contributed by atoms with van der Waals surface area (Å²) in [6, 6.07) is 8.12. The second kappa shape index (κ2) is 4.82. The molecule has 1 aliphatic carbocycles. The van der Waals surface area contributed by atoms with Crippen molar-refractivity contribution in [3.05, 3.63) is 34.9 Å². The van der Waals surface area contributed by atoms with E-state index in [1.807, 2.05) is 12.1 Å². The van der Waals surface area contributed by atoms with Gasteiger partial charge in [0.15, 0.2) is 6.29 Å². The maximum atomic E-state index is 11.3. The number of nitrogens with two attached hydrogens (primary N) is 1. The lowest BCUT2D eigenvalue weighted by Crippen LogP contribution is -2.03. The smallest absolute Gasteiger partial charge is 0.156 e. The number of nitrogen functional groups attached to an aromatic ring is 1. The van der Waals surface area contributed by atoms with Crippen LogP contribution in [0.15, 0.2) is 18.2 Å². The summed E-state index contributed by atoms with van der Waals surface area (Å²) in [5.74, 6) is 0.247. The number of aromatic nitrogens is 2. The average Bonchev–Trinajstić information content (AvgIpc) is 3.03. The summed E-state index contributed by atoms with van der Waals surface area (Å²) in [6.45, 7) is 0.0393. The third-order valence-electron chi connectivity index (χ3n) is 3.74. The minimum Gasteiger partial charge on any atom is -0.383 e. The fourth-order valence-corrected chi connectivity index (χ4v) is 2.72. The van der Waals surface area contributed by atoms with E-state index < -0.39 is 0 Å². The Morgan fingerprint density at radius 3 is 2.95 bits per heavy atom. The highest BCUT2D eigenvalue weighted by molar-refractivity contribution is 5.91. The van der Waals surface area contributed by atoms with Crippen molar-refractivity contribution < 1.29 is 4.79 Å². The molecule has 0 saturated carbocycles. The van der Waals surface area contributed by atoms with Crippen LogP contribution in [0, 0.1) is 11.3 Å². The van der Waals surface area contributed by atoms with Crippen molar-refractivity contribution in [2.24, 2.45) is 0 Å². The molecule has 2 aromatic rings. The van der Waals surface area contributed by atoms with Crippen molar-refractivity contribution in [3.63, 3.8) is 0 Å². The second-order valence-corrected chi connectivity index (χ2v) is 4.92. The van der Waals surface area contributed by atoms with Crippen LogP contribution in [0.4, 0.5) is 5.82 Å². The van der Waals surface area contributed by atoms with Crippen LogP contribution in [-0.4, -0.2) is 16.1 Å². The maximum absolute atomic E-state index is 11.3. The van der Waals surface area contributed by atoms with Gasteiger partial charge in [-0.25, -0.2) is 4.68 Å². The molecule has 0 fully saturated rings. The van der Waals surface area contributed by atoms with E-state index in [0.29, 0.717) is 17.5 Å². The average molecular weight is 266 g/mol. The molecule has 0 spiro atoms. The Kier molecular flexibility index (Phi) is 2.99. The lowest BCUT2D eigenvalue weighted by atomic mass is 10.0. The van der Waals surface area contributed by atoms with Gasteiger partial charge in [0.05, 0.1) is 11.6 Å². The summed E-state index contributed by atoms with van der Waals surface area (Å²) in [6.07, 6.45) is 4.05. The Labute approximate surface area is 116 Å². The van der Waals surface area contributed by atoms with Crippen LogP contribution in [0.1, 0.15) is 27.9 Å². The molecule has 1 aromatic heterocycles. The Morgan fingerprint density at radius 1 is 1.40 bits per heavy atom. The summed E-state index contributed by atoms with van der Waals surface area (Å²) in [7, 11) is 0. The number of aldehydes is 1. The van der Waals surface area contributed by atoms with Gasteiger partial charge in [0.1, 0.15) is 18.1 Å². The second-order valence-electron chi connectivity index (χ2n) is 4.92. The predicted molar refractivity (Wildman–Crippen MR) is 75.1 cm³/mol. The monoisotopic (exact) mass is 266 g/mol. The van der Waals surface area contributed by atoms with Crippen molar-refractivity contribution in [3.8, 4) is 17.3 Å². The number of hydrogen-bond acceptors (Lipinski definition) is 4. The lowest BCUT2D eigenvalue weighted by molar-refractivity contribution is 0.112. The lowest BCUT2D eigenvalue weighted by Gasteiger charge is -2.03. The molecule has 5 nitrogen and oxygen atoms in total. The van der Waals surface area contributed by atoms with Crippen LogP contribution in [-0.2, 0) is 19.4 Å². The fraction of sp³-hybridized carbons (Fsp3) is 0.267.